The molecule has 16 heavy (non-hydrogen) atoms. The van der Waals surface area contributed by atoms with E-state index in [1.54, 1.807) is 22.6 Å². The van der Waals surface area contributed by atoms with Crippen molar-refractivity contribution in [2.75, 3.05) is 13.9 Å². The van der Waals surface area contributed by atoms with E-state index in [-0.39, 0.29) is 27.4 Å². The minimum atomic E-state index is -0.547. The molecule has 7 heteroatoms. The summed E-state index contributed by atoms with van der Waals surface area (Å²) in [6.07, 6.45) is 0.528. The maximum atomic E-state index is 10.8. The van der Waals surface area contributed by atoms with Crippen molar-refractivity contribution in [3.63, 3.8) is 0 Å². The first-order chi connectivity index (χ1) is 7.61. The molecule has 0 saturated carbocycles. The highest BCUT2D eigenvalue weighted by Gasteiger charge is 2.19. The second-order valence-electron chi connectivity index (χ2n) is 2.74. The largest absolute Gasteiger partial charge is 0.467 e. The number of carbonyl (C=O) groups excluding carboxylic acids is 1. The van der Waals surface area contributed by atoms with Crippen LogP contribution in [0, 0.1) is 13.7 Å². The fraction of sp³-hybridized carbons (Fsp3) is 0.222. The van der Waals surface area contributed by atoms with Crippen LogP contribution in [0.1, 0.15) is 10.4 Å². The van der Waals surface area contributed by atoms with Crippen LogP contribution in [0.15, 0.2) is 12.1 Å². The predicted octanol–water partition coefficient (Wildman–Crippen LogP) is 1.99. The molecule has 1 rings (SSSR count). The van der Waals surface area contributed by atoms with Crippen LogP contribution in [0.4, 0.5) is 5.69 Å². The van der Waals surface area contributed by atoms with Gasteiger partial charge in [-0.05, 0) is 28.7 Å². The highest BCUT2D eigenvalue weighted by Crippen LogP contribution is 2.30. The van der Waals surface area contributed by atoms with Gasteiger partial charge in [0.15, 0.2) is 13.1 Å². The molecule has 6 nitrogen and oxygen atoms in total. The van der Waals surface area contributed by atoms with Gasteiger partial charge in [-0.1, -0.05) is 0 Å². The van der Waals surface area contributed by atoms with E-state index in [1.807, 2.05) is 0 Å². The molecule has 0 fully saturated rings. The molecule has 1 aromatic rings. The van der Waals surface area contributed by atoms with E-state index >= 15 is 0 Å². The third-order valence-corrected chi connectivity index (χ3v) is 2.90. The fourth-order valence-corrected chi connectivity index (χ4v) is 1.83. The number of aldehydes is 1. The third kappa shape index (κ3) is 2.67. The van der Waals surface area contributed by atoms with Crippen molar-refractivity contribution in [2.45, 2.75) is 0 Å². The van der Waals surface area contributed by atoms with Gasteiger partial charge in [-0.2, -0.15) is 0 Å². The number of nitro benzene ring substituents is 1. The molecule has 0 aliphatic carbocycles. The van der Waals surface area contributed by atoms with E-state index in [9.17, 15) is 14.9 Å². The van der Waals surface area contributed by atoms with Gasteiger partial charge in [-0.15, -0.1) is 0 Å². The zero-order valence-corrected chi connectivity index (χ0v) is 10.5. The van der Waals surface area contributed by atoms with E-state index in [0.717, 1.165) is 0 Å². The van der Waals surface area contributed by atoms with Crippen LogP contribution in [0.3, 0.4) is 0 Å². The van der Waals surface area contributed by atoms with Crippen molar-refractivity contribution < 1.29 is 19.2 Å². The van der Waals surface area contributed by atoms with Crippen molar-refractivity contribution in [3.8, 4) is 5.75 Å². The Bertz CT molecular complexity index is 421. The molecule has 0 aromatic heterocycles. The van der Waals surface area contributed by atoms with Gasteiger partial charge >= 0.3 is 0 Å². The molecule has 0 unspecified atom stereocenters. The molecule has 0 spiro atoms. The molecule has 1 aromatic carbocycles. The first-order valence-electron chi connectivity index (χ1n) is 4.15. The second kappa shape index (κ2) is 5.75. The molecule has 0 radical (unpaired) electrons. The molecule has 0 bridgehead atoms. The molecule has 0 heterocycles. The van der Waals surface area contributed by atoms with Crippen molar-refractivity contribution in [1.29, 1.82) is 0 Å². The number of benzene rings is 1. The standard InChI is InChI=1S/C9H8INO5/c1-15-5-16-8-3-2-7(11(13)14)9(10)6(8)4-12/h2-4H,5H2,1H3. The Morgan fingerprint density at radius 2 is 2.25 bits per heavy atom. The summed E-state index contributed by atoms with van der Waals surface area (Å²) in [4.78, 5) is 20.9. The average Bonchev–Trinajstić information content (AvgIpc) is 2.25. The average molecular weight is 337 g/mol. The van der Waals surface area contributed by atoms with Crippen LogP contribution in [-0.2, 0) is 4.74 Å². The van der Waals surface area contributed by atoms with Crippen LogP contribution in [-0.4, -0.2) is 25.1 Å². The molecule has 0 saturated heterocycles. The number of methoxy groups -OCH3 is 1. The monoisotopic (exact) mass is 337 g/mol. The lowest BCUT2D eigenvalue weighted by Crippen LogP contribution is -2.04. The lowest BCUT2D eigenvalue weighted by Gasteiger charge is -2.08. The number of carbonyl (C=O) groups is 1. The summed E-state index contributed by atoms with van der Waals surface area (Å²) in [5.41, 5.74) is 0.0410. The van der Waals surface area contributed by atoms with Gasteiger partial charge in [0.1, 0.15) is 9.32 Å². The number of halogens is 1. The Kier molecular flexibility index (Phi) is 4.62. The number of nitrogens with zero attached hydrogens (tertiary/aromatic N) is 1. The summed E-state index contributed by atoms with van der Waals surface area (Å²) in [7, 11) is 1.44. The second-order valence-corrected chi connectivity index (χ2v) is 3.82. The first-order valence-corrected chi connectivity index (χ1v) is 5.23. The normalized spacial score (nSPS) is 9.88. The summed E-state index contributed by atoms with van der Waals surface area (Å²) in [5.74, 6) is 0.270. The third-order valence-electron chi connectivity index (χ3n) is 1.77. The maximum Gasteiger partial charge on any atom is 0.283 e. The van der Waals surface area contributed by atoms with E-state index in [4.69, 9.17) is 4.74 Å². The lowest BCUT2D eigenvalue weighted by atomic mass is 10.2. The summed E-state index contributed by atoms with van der Waals surface area (Å²) >= 11 is 1.74. The predicted molar refractivity (Wildman–Crippen MR) is 63.7 cm³/mol. The van der Waals surface area contributed by atoms with Crippen molar-refractivity contribution in [3.05, 3.63) is 31.4 Å². The molecular formula is C9H8INO5. The highest BCUT2D eigenvalue weighted by atomic mass is 127. The summed E-state index contributed by atoms with van der Waals surface area (Å²) < 4.78 is 10.1. The topological polar surface area (TPSA) is 78.7 Å². The van der Waals surface area contributed by atoms with Gasteiger partial charge in [-0.25, -0.2) is 0 Å². The van der Waals surface area contributed by atoms with Crippen LogP contribution in [0.25, 0.3) is 0 Å². The summed E-state index contributed by atoms with van der Waals surface area (Å²) in [6.45, 7) is -0.0191. The van der Waals surface area contributed by atoms with Gasteiger partial charge in [-0.3, -0.25) is 14.9 Å². The number of rotatable bonds is 5. The van der Waals surface area contributed by atoms with E-state index in [2.05, 4.69) is 4.74 Å². The Labute approximate surface area is 105 Å². The van der Waals surface area contributed by atoms with Gasteiger partial charge in [0.05, 0.1) is 10.5 Å². The van der Waals surface area contributed by atoms with Crippen LogP contribution in [0.2, 0.25) is 0 Å². The van der Waals surface area contributed by atoms with Crippen molar-refractivity contribution >= 4 is 34.6 Å². The zero-order chi connectivity index (χ0) is 12.1. The Hall–Kier alpha value is -1.22. The van der Waals surface area contributed by atoms with Crippen molar-refractivity contribution in [1.82, 2.24) is 0 Å². The smallest absolute Gasteiger partial charge is 0.283 e. The van der Waals surface area contributed by atoms with Gasteiger partial charge < -0.3 is 9.47 Å². The molecule has 0 aliphatic rings. The SMILES string of the molecule is COCOc1ccc([N+](=O)[O-])c(I)c1C=O. The van der Waals surface area contributed by atoms with E-state index < -0.39 is 4.92 Å². The van der Waals surface area contributed by atoms with Gasteiger partial charge in [0, 0.05) is 13.2 Å². The quantitative estimate of drug-likeness (QED) is 0.270. The van der Waals surface area contributed by atoms with Crippen LogP contribution < -0.4 is 4.74 Å². The Morgan fingerprint density at radius 3 is 2.75 bits per heavy atom. The highest BCUT2D eigenvalue weighted by molar-refractivity contribution is 14.1. The maximum absolute atomic E-state index is 10.8. The summed E-state index contributed by atoms with van der Waals surface area (Å²) in [6, 6.07) is 2.67. The minimum absolute atomic E-state index is 0.0191. The molecule has 86 valence electrons. The fourth-order valence-electron chi connectivity index (χ4n) is 1.06. The van der Waals surface area contributed by atoms with Gasteiger partial charge in [0.25, 0.3) is 5.69 Å². The molecule has 0 atom stereocenters. The van der Waals surface area contributed by atoms with E-state index in [0.29, 0.717) is 6.29 Å². The zero-order valence-electron chi connectivity index (χ0n) is 8.31. The number of hydrogen-bond donors (Lipinski definition) is 0. The first kappa shape index (κ1) is 12.8. The minimum Gasteiger partial charge on any atom is -0.467 e. The molecule has 0 N–H and O–H groups in total. The van der Waals surface area contributed by atoms with E-state index in [1.165, 1.54) is 19.2 Å². The lowest BCUT2D eigenvalue weighted by molar-refractivity contribution is -0.385. The van der Waals surface area contributed by atoms with Gasteiger partial charge in [0.2, 0.25) is 0 Å². The number of hydrogen-bond acceptors (Lipinski definition) is 5. The molecular weight excluding hydrogens is 329 g/mol. The Morgan fingerprint density at radius 1 is 1.56 bits per heavy atom. The van der Waals surface area contributed by atoms with Crippen LogP contribution in [0.5, 0.6) is 5.75 Å². The molecule has 0 aliphatic heterocycles. The number of nitro groups is 1. The van der Waals surface area contributed by atoms with Crippen LogP contribution >= 0.6 is 22.6 Å². The Balaban J connectivity index is 3.18. The van der Waals surface area contributed by atoms with Crippen molar-refractivity contribution in [2.24, 2.45) is 0 Å². The number of ether oxygens (including phenoxy) is 2. The summed E-state index contributed by atoms with van der Waals surface area (Å²) in [5, 5.41) is 10.6. The molecule has 0 amide bonds.